The molecule has 1 rings (SSSR count). The Bertz CT molecular complexity index is 168. The maximum absolute atomic E-state index is 10.7. The Morgan fingerprint density at radius 3 is 2.93 bits per heavy atom. The lowest BCUT2D eigenvalue weighted by atomic mass is 10.1. The molecule has 0 saturated carbocycles. The van der Waals surface area contributed by atoms with E-state index in [1.807, 2.05) is 0 Å². The summed E-state index contributed by atoms with van der Waals surface area (Å²) in [5.41, 5.74) is 0. The first kappa shape index (κ1) is 11.6. The van der Waals surface area contributed by atoms with Crippen LogP contribution in [0.2, 0.25) is 0 Å². The SMILES string of the molecule is O=C(OCCl)OCCC1CCCCO1. The molecule has 0 amide bonds. The van der Waals surface area contributed by atoms with Crippen molar-refractivity contribution in [2.45, 2.75) is 31.8 Å². The molecule has 1 aliphatic rings. The van der Waals surface area contributed by atoms with E-state index in [9.17, 15) is 4.79 Å². The van der Waals surface area contributed by atoms with Gasteiger partial charge in [-0.2, -0.15) is 0 Å². The van der Waals surface area contributed by atoms with Crippen molar-refractivity contribution in [3.05, 3.63) is 0 Å². The number of carbonyl (C=O) groups is 1. The van der Waals surface area contributed by atoms with Crippen LogP contribution in [0, 0.1) is 0 Å². The minimum atomic E-state index is -0.712. The average molecular weight is 223 g/mol. The third kappa shape index (κ3) is 4.67. The normalized spacial score (nSPS) is 21.6. The zero-order valence-electron chi connectivity index (χ0n) is 8.04. The Balaban J connectivity index is 1.99. The van der Waals surface area contributed by atoms with Gasteiger partial charge in [0.1, 0.15) is 0 Å². The molecule has 1 fully saturated rings. The van der Waals surface area contributed by atoms with Crippen LogP contribution in [0.25, 0.3) is 0 Å². The lowest BCUT2D eigenvalue weighted by molar-refractivity contribution is -0.00635. The summed E-state index contributed by atoms with van der Waals surface area (Å²) in [4.78, 5) is 10.7. The van der Waals surface area contributed by atoms with Gasteiger partial charge in [-0.3, -0.25) is 0 Å². The summed E-state index contributed by atoms with van der Waals surface area (Å²) < 4.78 is 14.6. The highest BCUT2D eigenvalue weighted by Gasteiger charge is 2.14. The molecular weight excluding hydrogens is 208 g/mol. The van der Waals surface area contributed by atoms with Gasteiger partial charge in [-0.15, -0.1) is 0 Å². The van der Waals surface area contributed by atoms with Crippen LogP contribution in [-0.2, 0) is 14.2 Å². The van der Waals surface area contributed by atoms with Crippen molar-refractivity contribution < 1.29 is 19.0 Å². The molecule has 0 bridgehead atoms. The van der Waals surface area contributed by atoms with E-state index in [2.05, 4.69) is 4.74 Å². The van der Waals surface area contributed by atoms with Crippen LogP contribution in [0.5, 0.6) is 0 Å². The summed E-state index contributed by atoms with van der Waals surface area (Å²) in [7, 11) is 0. The lowest BCUT2D eigenvalue weighted by Gasteiger charge is -2.21. The van der Waals surface area contributed by atoms with Crippen LogP contribution in [0.1, 0.15) is 25.7 Å². The van der Waals surface area contributed by atoms with Gasteiger partial charge >= 0.3 is 6.16 Å². The summed E-state index contributed by atoms with van der Waals surface area (Å²) in [5.74, 6) is 0. The maximum atomic E-state index is 10.7. The Hall–Kier alpha value is -0.480. The lowest BCUT2D eigenvalue weighted by Crippen LogP contribution is -2.21. The number of halogens is 1. The molecule has 1 saturated heterocycles. The highest BCUT2D eigenvalue weighted by Crippen LogP contribution is 2.15. The molecule has 5 heteroatoms. The van der Waals surface area contributed by atoms with E-state index in [4.69, 9.17) is 21.1 Å². The second kappa shape index (κ2) is 6.90. The van der Waals surface area contributed by atoms with Crippen LogP contribution in [-0.4, -0.2) is 31.5 Å². The van der Waals surface area contributed by atoms with Gasteiger partial charge < -0.3 is 14.2 Å². The average Bonchev–Trinajstić information content (AvgIpc) is 2.20. The number of hydrogen-bond acceptors (Lipinski definition) is 4. The fraction of sp³-hybridized carbons (Fsp3) is 0.889. The molecule has 1 unspecified atom stereocenters. The zero-order valence-corrected chi connectivity index (χ0v) is 8.79. The van der Waals surface area contributed by atoms with Crippen molar-refractivity contribution in [3.63, 3.8) is 0 Å². The number of ether oxygens (including phenoxy) is 3. The Morgan fingerprint density at radius 1 is 1.43 bits per heavy atom. The molecule has 0 aromatic heterocycles. The molecular formula is C9H15ClO4. The highest BCUT2D eigenvalue weighted by atomic mass is 35.5. The minimum Gasteiger partial charge on any atom is -0.434 e. The third-order valence-corrected chi connectivity index (χ3v) is 2.22. The van der Waals surface area contributed by atoms with Crippen LogP contribution in [0.4, 0.5) is 4.79 Å². The van der Waals surface area contributed by atoms with Crippen LogP contribution < -0.4 is 0 Å². The van der Waals surface area contributed by atoms with E-state index in [0.29, 0.717) is 6.61 Å². The molecule has 0 N–H and O–H groups in total. The van der Waals surface area contributed by atoms with Crippen molar-refractivity contribution in [2.24, 2.45) is 0 Å². The van der Waals surface area contributed by atoms with Gasteiger partial charge in [0.25, 0.3) is 0 Å². The Labute approximate surface area is 88.5 Å². The van der Waals surface area contributed by atoms with Crippen molar-refractivity contribution in [1.82, 2.24) is 0 Å². The van der Waals surface area contributed by atoms with Crippen LogP contribution >= 0.6 is 11.6 Å². The van der Waals surface area contributed by atoms with Gasteiger partial charge in [0, 0.05) is 13.0 Å². The molecule has 1 heterocycles. The Kier molecular flexibility index (Phi) is 5.71. The molecule has 82 valence electrons. The predicted octanol–water partition coefficient (Wildman–Crippen LogP) is 2.30. The van der Waals surface area contributed by atoms with Crippen LogP contribution in [0.3, 0.4) is 0 Å². The van der Waals surface area contributed by atoms with Crippen molar-refractivity contribution in [2.75, 3.05) is 19.3 Å². The highest BCUT2D eigenvalue weighted by molar-refractivity contribution is 6.17. The molecule has 0 aromatic rings. The summed E-state index contributed by atoms with van der Waals surface area (Å²) in [6, 6.07) is -0.168. The van der Waals surface area contributed by atoms with E-state index in [-0.39, 0.29) is 12.2 Å². The van der Waals surface area contributed by atoms with Gasteiger partial charge in [-0.25, -0.2) is 4.79 Å². The van der Waals surface area contributed by atoms with Gasteiger partial charge in [0.05, 0.1) is 12.7 Å². The molecule has 0 aromatic carbocycles. The van der Waals surface area contributed by atoms with Gasteiger partial charge in [-0.1, -0.05) is 11.6 Å². The van der Waals surface area contributed by atoms with Crippen molar-refractivity contribution >= 4 is 17.8 Å². The molecule has 1 atom stereocenters. The van der Waals surface area contributed by atoms with Gasteiger partial charge in [-0.05, 0) is 19.3 Å². The smallest absolute Gasteiger partial charge is 0.434 e. The van der Waals surface area contributed by atoms with Crippen molar-refractivity contribution in [1.29, 1.82) is 0 Å². The first-order valence-electron chi connectivity index (χ1n) is 4.80. The Morgan fingerprint density at radius 2 is 2.29 bits per heavy atom. The fourth-order valence-corrected chi connectivity index (χ4v) is 1.48. The monoisotopic (exact) mass is 222 g/mol. The summed E-state index contributed by atoms with van der Waals surface area (Å²) in [6.07, 6.45) is 3.62. The first-order valence-corrected chi connectivity index (χ1v) is 5.33. The molecule has 14 heavy (non-hydrogen) atoms. The van der Waals surface area contributed by atoms with E-state index in [1.165, 1.54) is 6.42 Å². The van der Waals surface area contributed by atoms with Gasteiger partial charge in [0.2, 0.25) is 0 Å². The molecule has 1 aliphatic heterocycles. The first-order chi connectivity index (χ1) is 6.83. The standard InChI is InChI=1S/C9H15ClO4/c10-7-14-9(11)13-6-4-8-3-1-2-5-12-8/h8H,1-7H2. The number of hydrogen-bond donors (Lipinski definition) is 0. The molecule has 4 nitrogen and oxygen atoms in total. The summed E-state index contributed by atoms with van der Waals surface area (Å²) in [6.45, 7) is 1.15. The van der Waals surface area contributed by atoms with Crippen molar-refractivity contribution in [3.8, 4) is 0 Å². The molecule has 0 radical (unpaired) electrons. The van der Waals surface area contributed by atoms with Crippen LogP contribution in [0.15, 0.2) is 0 Å². The minimum absolute atomic E-state index is 0.168. The topological polar surface area (TPSA) is 44.8 Å². The van der Waals surface area contributed by atoms with E-state index in [0.717, 1.165) is 25.9 Å². The number of carbonyl (C=O) groups excluding carboxylic acids is 1. The van der Waals surface area contributed by atoms with Gasteiger partial charge in [0.15, 0.2) is 6.07 Å². The largest absolute Gasteiger partial charge is 0.509 e. The summed E-state index contributed by atoms with van der Waals surface area (Å²) in [5, 5.41) is 0. The summed E-state index contributed by atoms with van der Waals surface area (Å²) >= 11 is 5.18. The quantitative estimate of drug-likeness (QED) is 0.541. The maximum Gasteiger partial charge on any atom is 0.509 e. The van der Waals surface area contributed by atoms with E-state index >= 15 is 0 Å². The second-order valence-electron chi connectivity index (χ2n) is 3.13. The fourth-order valence-electron chi connectivity index (χ4n) is 1.39. The third-order valence-electron chi connectivity index (χ3n) is 2.11. The molecule has 0 aliphatic carbocycles. The van der Waals surface area contributed by atoms with E-state index in [1.54, 1.807) is 0 Å². The predicted molar refractivity (Wildman–Crippen MR) is 51.4 cm³/mol. The molecule has 0 spiro atoms. The number of rotatable bonds is 4. The zero-order chi connectivity index (χ0) is 10.2. The second-order valence-corrected chi connectivity index (χ2v) is 3.35. The number of alkyl halides is 1. The van der Waals surface area contributed by atoms with E-state index < -0.39 is 6.16 Å².